The van der Waals surface area contributed by atoms with Gasteiger partial charge in [-0.1, -0.05) is 65.7 Å². The lowest BCUT2D eigenvalue weighted by Crippen LogP contribution is -2.03. The molecule has 1 heterocycles. The number of rotatable bonds is 5. The first-order valence-electron chi connectivity index (χ1n) is 9.01. The first kappa shape index (κ1) is 20.0. The second-order valence-corrected chi connectivity index (χ2v) is 7.21. The minimum atomic E-state index is -0.372. The molecule has 0 amide bonds. The molecule has 30 heavy (non-hydrogen) atoms. The maximum Gasteiger partial charge on any atom is 0.338 e. The number of methoxy groups -OCH3 is 1. The molecule has 0 spiro atoms. The molecule has 4 rings (SSSR count). The van der Waals surface area contributed by atoms with E-state index in [1.807, 2.05) is 36.4 Å². The molecule has 5 nitrogen and oxygen atoms in total. The molecule has 0 atom stereocenters. The van der Waals surface area contributed by atoms with Crippen molar-refractivity contribution in [3.8, 4) is 22.5 Å². The van der Waals surface area contributed by atoms with Crippen molar-refractivity contribution in [2.45, 2.75) is 0 Å². The van der Waals surface area contributed by atoms with Crippen LogP contribution in [-0.4, -0.2) is 18.1 Å². The first-order chi connectivity index (χ1) is 14.5. The summed E-state index contributed by atoms with van der Waals surface area (Å²) in [7, 11) is 1.37. The number of nitrogens with zero attached hydrogens (tertiary/aromatic N) is 1. The SMILES string of the molecule is COC(=O)c1ccccc1-c1ccc(-c2cnc(Nc3ccc(Cl)c(Cl)c3)o2)cc1. The maximum atomic E-state index is 12.0. The van der Waals surface area contributed by atoms with E-state index in [-0.39, 0.29) is 5.97 Å². The topological polar surface area (TPSA) is 64.4 Å². The van der Waals surface area contributed by atoms with Crippen LogP contribution in [0, 0.1) is 0 Å². The van der Waals surface area contributed by atoms with E-state index in [1.165, 1.54) is 7.11 Å². The largest absolute Gasteiger partial charge is 0.465 e. The lowest BCUT2D eigenvalue weighted by molar-refractivity contribution is 0.0601. The number of hydrogen-bond acceptors (Lipinski definition) is 5. The third-order valence-electron chi connectivity index (χ3n) is 4.49. The molecule has 0 aliphatic rings. The van der Waals surface area contributed by atoms with E-state index in [1.54, 1.807) is 36.5 Å². The van der Waals surface area contributed by atoms with Crippen LogP contribution in [0.15, 0.2) is 77.3 Å². The van der Waals surface area contributed by atoms with Crippen molar-refractivity contribution in [2.75, 3.05) is 12.4 Å². The Kier molecular flexibility index (Phi) is 5.74. The van der Waals surface area contributed by atoms with Crippen molar-refractivity contribution in [3.05, 3.63) is 88.5 Å². The number of anilines is 2. The molecule has 150 valence electrons. The maximum absolute atomic E-state index is 12.0. The molecule has 0 radical (unpaired) electrons. The molecule has 0 saturated carbocycles. The summed E-state index contributed by atoms with van der Waals surface area (Å²) in [6.45, 7) is 0. The highest BCUT2D eigenvalue weighted by molar-refractivity contribution is 6.42. The summed E-state index contributed by atoms with van der Waals surface area (Å²) >= 11 is 12.0. The Morgan fingerprint density at radius 2 is 1.70 bits per heavy atom. The van der Waals surface area contributed by atoms with Crippen LogP contribution >= 0.6 is 23.2 Å². The molecule has 1 aromatic heterocycles. The smallest absolute Gasteiger partial charge is 0.338 e. The molecule has 0 bridgehead atoms. The van der Waals surface area contributed by atoms with Gasteiger partial charge in [0.2, 0.25) is 0 Å². The molecule has 1 N–H and O–H groups in total. The van der Waals surface area contributed by atoms with E-state index in [9.17, 15) is 4.79 Å². The number of carbonyl (C=O) groups excluding carboxylic acids is 1. The molecule has 0 fully saturated rings. The lowest BCUT2D eigenvalue weighted by Gasteiger charge is -2.08. The molecule has 3 aromatic carbocycles. The number of esters is 1. The summed E-state index contributed by atoms with van der Waals surface area (Å²) in [6, 6.07) is 20.5. The van der Waals surface area contributed by atoms with E-state index in [0.717, 1.165) is 16.7 Å². The van der Waals surface area contributed by atoms with Crippen LogP contribution in [0.5, 0.6) is 0 Å². The number of hydrogen-bond donors (Lipinski definition) is 1. The van der Waals surface area contributed by atoms with Crippen LogP contribution in [0.4, 0.5) is 11.7 Å². The molecule has 0 saturated heterocycles. The van der Waals surface area contributed by atoms with Crippen LogP contribution in [0.3, 0.4) is 0 Å². The van der Waals surface area contributed by atoms with Crippen molar-refractivity contribution in [3.63, 3.8) is 0 Å². The zero-order valence-electron chi connectivity index (χ0n) is 15.9. The number of aromatic nitrogens is 1. The quantitative estimate of drug-likeness (QED) is 0.345. The van der Waals surface area contributed by atoms with E-state index in [2.05, 4.69) is 10.3 Å². The fourth-order valence-corrected chi connectivity index (χ4v) is 3.30. The number of nitrogens with one attached hydrogen (secondary N) is 1. The summed E-state index contributed by atoms with van der Waals surface area (Å²) in [5.41, 5.74) is 3.78. The van der Waals surface area contributed by atoms with Crippen LogP contribution in [0.2, 0.25) is 10.0 Å². The summed E-state index contributed by atoms with van der Waals surface area (Å²) in [6.07, 6.45) is 1.64. The molecule has 4 aromatic rings. The first-order valence-corrected chi connectivity index (χ1v) is 9.77. The Hall–Kier alpha value is -3.28. The van der Waals surface area contributed by atoms with Crippen molar-refractivity contribution < 1.29 is 13.9 Å². The average Bonchev–Trinajstić information content (AvgIpc) is 3.24. The van der Waals surface area contributed by atoms with Gasteiger partial charge in [0.05, 0.1) is 28.9 Å². The summed E-state index contributed by atoms with van der Waals surface area (Å²) in [5, 5.41) is 3.97. The predicted molar refractivity (Wildman–Crippen MR) is 118 cm³/mol. The van der Waals surface area contributed by atoms with Gasteiger partial charge in [0.1, 0.15) is 0 Å². The molecule has 7 heteroatoms. The van der Waals surface area contributed by atoms with E-state index >= 15 is 0 Å². The standard InChI is InChI=1S/C23H16Cl2N2O3/c1-29-22(28)18-5-3-2-4-17(18)14-6-8-15(9-7-14)21-13-26-23(30-21)27-16-10-11-19(24)20(25)12-16/h2-13H,1H3,(H,26,27). The van der Waals surface area contributed by atoms with Crippen LogP contribution in [0.25, 0.3) is 22.5 Å². The monoisotopic (exact) mass is 438 g/mol. The van der Waals surface area contributed by atoms with Gasteiger partial charge in [-0.2, -0.15) is 0 Å². The van der Waals surface area contributed by atoms with Gasteiger partial charge >= 0.3 is 5.97 Å². The van der Waals surface area contributed by atoms with Gasteiger partial charge in [-0.25, -0.2) is 9.78 Å². The van der Waals surface area contributed by atoms with Crippen LogP contribution < -0.4 is 5.32 Å². The van der Waals surface area contributed by atoms with Crippen molar-refractivity contribution in [1.82, 2.24) is 4.98 Å². The second-order valence-electron chi connectivity index (χ2n) is 6.40. The summed E-state index contributed by atoms with van der Waals surface area (Å²) in [4.78, 5) is 16.3. The highest BCUT2D eigenvalue weighted by Gasteiger charge is 2.13. The summed E-state index contributed by atoms with van der Waals surface area (Å²) < 4.78 is 10.7. The van der Waals surface area contributed by atoms with Gasteiger partial charge in [-0.3, -0.25) is 0 Å². The zero-order valence-corrected chi connectivity index (χ0v) is 17.4. The Bertz CT molecular complexity index is 1200. The summed E-state index contributed by atoms with van der Waals surface area (Å²) in [5.74, 6) is 0.230. The van der Waals surface area contributed by atoms with Crippen LogP contribution in [0.1, 0.15) is 10.4 Å². The fourth-order valence-electron chi connectivity index (χ4n) is 3.00. The van der Waals surface area contributed by atoms with Crippen molar-refractivity contribution in [1.29, 1.82) is 0 Å². The average molecular weight is 439 g/mol. The van der Waals surface area contributed by atoms with Crippen molar-refractivity contribution >= 4 is 40.9 Å². The van der Waals surface area contributed by atoms with Gasteiger partial charge in [-0.05, 0) is 35.4 Å². The Labute approximate surface area is 183 Å². The highest BCUT2D eigenvalue weighted by Crippen LogP contribution is 2.30. The molecule has 0 unspecified atom stereocenters. The van der Waals surface area contributed by atoms with Gasteiger partial charge in [0, 0.05) is 11.3 Å². The number of ether oxygens (including phenoxy) is 1. The number of carbonyl (C=O) groups is 1. The van der Waals surface area contributed by atoms with Crippen molar-refractivity contribution in [2.24, 2.45) is 0 Å². The van der Waals surface area contributed by atoms with E-state index in [0.29, 0.717) is 33.1 Å². The number of halogens is 2. The van der Waals surface area contributed by atoms with E-state index in [4.69, 9.17) is 32.4 Å². The Balaban J connectivity index is 1.56. The Morgan fingerprint density at radius 3 is 2.43 bits per heavy atom. The molecular formula is C23H16Cl2N2O3. The number of oxazole rings is 1. The normalized spacial score (nSPS) is 10.6. The molecule has 0 aliphatic carbocycles. The highest BCUT2D eigenvalue weighted by atomic mass is 35.5. The minimum absolute atomic E-state index is 0.337. The Morgan fingerprint density at radius 1 is 0.967 bits per heavy atom. The molecular weight excluding hydrogens is 423 g/mol. The van der Waals surface area contributed by atoms with Gasteiger partial charge in [0.15, 0.2) is 5.76 Å². The zero-order chi connectivity index (χ0) is 21.1. The number of benzene rings is 3. The lowest BCUT2D eigenvalue weighted by atomic mass is 9.98. The van der Waals surface area contributed by atoms with Crippen LogP contribution in [-0.2, 0) is 4.74 Å². The van der Waals surface area contributed by atoms with Gasteiger partial charge in [0.25, 0.3) is 6.01 Å². The fraction of sp³-hybridized carbons (Fsp3) is 0.0435. The minimum Gasteiger partial charge on any atom is -0.465 e. The van der Waals surface area contributed by atoms with Gasteiger partial charge in [-0.15, -0.1) is 0 Å². The predicted octanol–water partition coefficient (Wildman–Crippen LogP) is 6.85. The third-order valence-corrected chi connectivity index (χ3v) is 5.23. The molecule has 0 aliphatic heterocycles. The van der Waals surface area contributed by atoms with Gasteiger partial charge < -0.3 is 14.5 Å². The third kappa shape index (κ3) is 4.17. The second kappa shape index (κ2) is 8.61. The van der Waals surface area contributed by atoms with E-state index < -0.39 is 0 Å².